The van der Waals surface area contributed by atoms with E-state index in [1.54, 1.807) is 0 Å². The van der Waals surface area contributed by atoms with Crippen molar-refractivity contribution in [2.75, 3.05) is 6.61 Å². The predicted octanol–water partition coefficient (Wildman–Crippen LogP) is 3.15. The summed E-state index contributed by atoms with van der Waals surface area (Å²) in [6.07, 6.45) is 3.39. The molecule has 1 aromatic heterocycles. The van der Waals surface area contributed by atoms with E-state index in [1.165, 1.54) is 16.3 Å². The Labute approximate surface area is 111 Å². The summed E-state index contributed by atoms with van der Waals surface area (Å²) in [6, 6.07) is 14.6. The number of benzene rings is 2. The van der Waals surface area contributed by atoms with Crippen LogP contribution in [0.4, 0.5) is 0 Å². The van der Waals surface area contributed by atoms with E-state index in [-0.39, 0.29) is 6.61 Å². The second-order valence-electron chi connectivity index (χ2n) is 4.60. The molecule has 0 bridgehead atoms. The molecule has 0 atom stereocenters. The molecule has 0 unspecified atom stereocenters. The number of aromatic nitrogens is 2. The first kappa shape index (κ1) is 11.9. The molecule has 0 fully saturated rings. The molecule has 3 heteroatoms. The van der Waals surface area contributed by atoms with Crippen LogP contribution in [0.2, 0.25) is 0 Å². The van der Waals surface area contributed by atoms with Crippen LogP contribution in [-0.4, -0.2) is 21.7 Å². The van der Waals surface area contributed by atoms with Crippen molar-refractivity contribution >= 4 is 10.8 Å². The summed E-state index contributed by atoms with van der Waals surface area (Å²) in [6.45, 7) is 0.199. The van der Waals surface area contributed by atoms with Gasteiger partial charge in [0, 0.05) is 18.6 Å². The highest BCUT2D eigenvalue weighted by Crippen LogP contribution is 2.27. The minimum Gasteiger partial charge on any atom is -0.396 e. The number of aromatic amines is 1. The first-order valence-corrected chi connectivity index (χ1v) is 6.51. The van der Waals surface area contributed by atoms with E-state index in [9.17, 15) is 0 Å². The summed E-state index contributed by atoms with van der Waals surface area (Å²) in [5.41, 5.74) is 2.20. The zero-order valence-corrected chi connectivity index (χ0v) is 10.6. The number of aliphatic hydroxyl groups excluding tert-OH is 1. The summed E-state index contributed by atoms with van der Waals surface area (Å²) in [5, 5.41) is 11.3. The van der Waals surface area contributed by atoms with E-state index in [0.717, 1.165) is 24.4 Å². The minimum absolute atomic E-state index is 0.199. The van der Waals surface area contributed by atoms with Crippen LogP contribution >= 0.6 is 0 Å². The third-order valence-corrected chi connectivity index (χ3v) is 3.28. The molecule has 0 aliphatic rings. The fourth-order valence-corrected chi connectivity index (χ4v) is 2.33. The number of fused-ring (bicyclic) bond motifs is 1. The van der Waals surface area contributed by atoms with Crippen molar-refractivity contribution in [2.45, 2.75) is 12.8 Å². The molecule has 0 aliphatic carbocycles. The van der Waals surface area contributed by atoms with E-state index in [1.807, 2.05) is 12.3 Å². The Kier molecular flexibility index (Phi) is 3.29. The van der Waals surface area contributed by atoms with Gasteiger partial charge in [-0.3, -0.25) is 0 Å². The minimum atomic E-state index is 0.199. The number of hydrogen-bond acceptors (Lipinski definition) is 2. The summed E-state index contributed by atoms with van der Waals surface area (Å²) in [7, 11) is 0. The molecule has 0 radical (unpaired) electrons. The second kappa shape index (κ2) is 5.24. The Balaban J connectivity index is 2.02. The molecule has 3 rings (SSSR count). The maximum Gasteiger partial charge on any atom is 0.106 e. The van der Waals surface area contributed by atoms with Gasteiger partial charge in [0.25, 0.3) is 0 Å². The van der Waals surface area contributed by atoms with Crippen molar-refractivity contribution in [1.29, 1.82) is 0 Å². The van der Waals surface area contributed by atoms with Gasteiger partial charge in [-0.05, 0) is 17.2 Å². The average Bonchev–Trinajstić information content (AvgIpc) is 2.93. The monoisotopic (exact) mass is 252 g/mol. The number of rotatable bonds is 4. The lowest BCUT2D eigenvalue weighted by atomic mass is 10.0. The molecule has 96 valence electrons. The van der Waals surface area contributed by atoms with Crippen molar-refractivity contribution in [3.8, 4) is 11.3 Å². The van der Waals surface area contributed by atoms with Gasteiger partial charge < -0.3 is 10.1 Å². The molecule has 0 aliphatic heterocycles. The van der Waals surface area contributed by atoms with Gasteiger partial charge in [-0.2, -0.15) is 0 Å². The van der Waals surface area contributed by atoms with Crippen LogP contribution in [0.1, 0.15) is 12.2 Å². The first-order valence-electron chi connectivity index (χ1n) is 6.51. The smallest absolute Gasteiger partial charge is 0.106 e. The molecule has 1 heterocycles. The fourth-order valence-electron chi connectivity index (χ4n) is 2.33. The molecule has 3 aromatic rings. The van der Waals surface area contributed by atoms with Crippen LogP contribution in [0.3, 0.4) is 0 Å². The van der Waals surface area contributed by atoms with Gasteiger partial charge in [0.2, 0.25) is 0 Å². The lowest BCUT2D eigenvalue weighted by molar-refractivity contribution is 0.287. The fraction of sp³-hybridized carbons (Fsp3) is 0.188. The van der Waals surface area contributed by atoms with Gasteiger partial charge >= 0.3 is 0 Å². The molecule has 0 saturated carbocycles. The Bertz CT molecular complexity index is 683. The maximum absolute atomic E-state index is 8.85. The molecule has 0 spiro atoms. The normalized spacial score (nSPS) is 11.0. The van der Waals surface area contributed by atoms with E-state index < -0.39 is 0 Å². The van der Waals surface area contributed by atoms with Crippen molar-refractivity contribution in [3.63, 3.8) is 0 Å². The Morgan fingerprint density at radius 1 is 1.05 bits per heavy atom. The van der Waals surface area contributed by atoms with Gasteiger partial charge in [-0.25, -0.2) is 4.98 Å². The number of aliphatic hydroxyl groups is 1. The van der Waals surface area contributed by atoms with Crippen LogP contribution in [0.15, 0.2) is 48.7 Å². The first-order chi connectivity index (χ1) is 9.38. The molecule has 19 heavy (non-hydrogen) atoms. The van der Waals surface area contributed by atoms with E-state index >= 15 is 0 Å². The summed E-state index contributed by atoms with van der Waals surface area (Å²) in [4.78, 5) is 7.70. The molecular weight excluding hydrogens is 236 g/mol. The third-order valence-electron chi connectivity index (χ3n) is 3.28. The van der Waals surface area contributed by atoms with Gasteiger partial charge in [-0.15, -0.1) is 0 Å². The Hall–Kier alpha value is -2.13. The molecule has 2 N–H and O–H groups in total. The molecule has 0 amide bonds. The average molecular weight is 252 g/mol. The van der Waals surface area contributed by atoms with E-state index in [2.05, 4.69) is 46.4 Å². The largest absolute Gasteiger partial charge is 0.396 e. The number of hydrogen-bond donors (Lipinski definition) is 2. The number of nitrogens with one attached hydrogen (secondary N) is 1. The topological polar surface area (TPSA) is 48.9 Å². The Morgan fingerprint density at radius 2 is 1.89 bits per heavy atom. The number of aryl methyl sites for hydroxylation is 1. The molecule has 2 aromatic carbocycles. The van der Waals surface area contributed by atoms with Crippen LogP contribution in [-0.2, 0) is 6.42 Å². The second-order valence-corrected chi connectivity index (χ2v) is 4.60. The molecule has 3 nitrogen and oxygen atoms in total. The maximum atomic E-state index is 8.85. The number of imidazole rings is 1. The lowest BCUT2D eigenvalue weighted by Gasteiger charge is -2.04. The standard InChI is InChI=1S/C16H16N2O/c19-10-4-9-16-17-11-15(18-16)14-8-3-6-12-5-1-2-7-13(12)14/h1-3,5-8,11,19H,4,9-10H2,(H,17,18). The lowest BCUT2D eigenvalue weighted by Crippen LogP contribution is -1.91. The van der Waals surface area contributed by atoms with E-state index in [4.69, 9.17) is 5.11 Å². The van der Waals surface area contributed by atoms with Crippen molar-refractivity contribution in [3.05, 3.63) is 54.5 Å². The highest BCUT2D eigenvalue weighted by molar-refractivity contribution is 5.95. The van der Waals surface area contributed by atoms with Crippen molar-refractivity contribution in [1.82, 2.24) is 9.97 Å². The van der Waals surface area contributed by atoms with Gasteiger partial charge in [0.1, 0.15) is 5.82 Å². The van der Waals surface area contributed by atoms with Gasteiger partial charge in [-0.1, -0.05) is 42.5 Å². The summed E-state index contributed by atoms with van der Waals surface area (Å²) in [5.74, 6) is 0.928. The molecule has 0 saturated heterocycles. The zero-order valence-electron chi connectivity index (χ0n) is 10.6. The van der Waals surface area contributed by atoms with Crippen LogP contribution in [0.5, 0.6) is 0 Å². The van der Waals surface area contributed by atoms with Crippen LogP contribution in [0, 0.1) is 0 Å². The highest BCUT2D eigenvalue weighted by Gasteiger charge is 2.06. The van der Waals surface area contributed by atoms with Crippen LogP contribution in [0.25, 0.3) is 22.0 Å². The zero-order chi connectivity index (χ0) is 13.1. The van der Waals surface area contributed by atoms with Crippen LogP contribution < -0.4 is 0 Å². The summed E-state index contributed by atoms with van der Waals surface area (Å²) >= 11 is 0. The molecular formula is C16H16N2O. The number of nitrogens with zero attached hydrogens (tertiary/aromatic N) is 1. The summed E-state index contributed by atoms with van der Waals surface area (Å²) < 4.78 is 0. The number of H-pyrrole nitrogens is 1. The SMILES string of the molecule is OCCCc1ncc(-c2cccc3ccccc23)[nH]1. The third kappa shape index (κ3) is 2.37. The predicted molar refractivity (Wildman–Crippen MR) is 76.9 cm³/mol. The quantitative estimate of drug-likeness (QED) is 0.749. The van der Waals surface area contributed by atoms with Crippen molar-refractivity contribution in [2.24, 2.45) is 0 Å². The Morgan fingerprint density at radius 3 is 2.79 bits per heavy atom. The van der Waals surface area contributed by atoms with Crippen molar-refractivity contribution < 1.29 is 5.11 Å². The van der Waals surface area contributed by atoms with E-state index in [0.29, 0.717) is 0 Å². The highest BCUT2D eigenvalue weighted by atomic mass is 16.2. The van der Waals surface area contributed by atoms with Gasteiger partial charge in [0.05, 0.1) is 11.9 Å². The van der Waals surface area contributed by atoms with Gasteiger partial charge in [0.15, 0.2) is 0 Å².